The molecule has 1 saturated heterocycles. The maximum atomic E-state index is 13.4. The van der Waals surface area contributed by atoms with Gasteiger partial charge >= 0.3 is 12.4 Å². The van der Waals surface area contributed by atoms with Crippen LogP contribution in [0, 0.1) is 11.7 Å². The van der Waals surface area contributed by atoms with E-state index in [1.54, 1.807) is 12.1 Å². The van der Waals surface area contributed by atoms with Crippen molar-refractivity contribution in [2.24, 2.45) is 5.92 Å². The van der Waals surface area contributed by atoms with Crippen molar-refractivity contribution in [3.05, 3.63) is 70.5 Å². The van der Waals surface area contributed by atoms with Crippen molar-refractivity contribution in [2.75, 3.05) is 20.1 Å². The minimum atomic E-state index is -4.96. The number of halogens is 7. The van der Waals surface area contributed by atoms with Crippen LogP contribution in [0.3, 0.4) is 0 Å². The van der Waals surface area contributed by atoms with Crippen LogP contribution in [0.4, 0.5) is 30.7 Å². The molecule has 34 heavy (non-hydrogen) atoms. The molecule has 2 aromatic carbocycles. The van der Waals surface area contributed by atoms with Gasteiger partial charge < -0.3 is 10.2 Å². The van der Waals surface area contributed by atoms with Gasteiger partial charge in [-0.15, -0.1) is 0 Å². The van der Waals surface area contributed by atoms with E-state index >= 15 is 0 Å². The van der Waals surface area contributed by atoms with Crippen molar-refractivity contribution >= 4 is 5.91 Å². The molecule has 0 aliphatic carbocycles. The number of rotatable bonds is 6. The second-order valence-corrected chi connectivity index (χ2v) is 8.61. The van der Waals surface area contributed by atoms with Crippen molar-refractivity contribution in [1.82, 2.24) is 10.2 Å². The average Bonchev–Trinajstić information content (AvgIpc) is 2.77. The van der Waals surface area contributed by atoms with Gasteiger partial charge in [-0.3, -0.25) is 4.79 Å². The monoisotopic (exact) mass is 490 g/mol. The van der Waals surface area contributed by atoms with Crippen LogP contribution in [-0.2, 0) is 23.7 Å². The van der Waals surface area contributed by atoms with E-state index in [4.69, 9.17) is 0 Å². The van der Waals surface area contributed by atoms with E-state index in [1.807, 2.05) is 0 Å². The molecule has 10 heteroatoms. The number of alkyl halides is 6. The van der Waals surface area contributed by atoms with Crippen molar-refractivity contribution in [3.8, 4) is 0 Å². The van der Waals surface area contributed by atoms with E-state index in [1.165, 1.54) is 19.2 Å². The molecule has 0 saturated carbocycles. The Balaban J connectivity index is 1.81. The first-order chi connectivity index (χ1) is 15.8. The van der Waals surface area contributed by atoms with Gasteiger partial charge in [0, 0.05) is 20.0 Å². The van der Waals surface area contributed by atoms with Gasteiger partial charge in [-0.2, -0.15) is 26.3 Å². The fraction of sp³-hybridized carbons (Fsp3) is 0.458. The van der Waals surface area contributed by atoms with Crippen LogP contribution in [0.5, 0.6) is 0 Å². The Hall–Kier alpha value is -2.62. The predicted molar refractivity (Wildman–Crippen MR) is 112 cm³/mol. The van der Waals surface area contributed by atoms with Crippen LogP contribution >= 0.6 is 0 Å². The lowest BCUT2D eigenvalue weighted by atomic mass is 9.78. The van der Waals surface area contributed by atoms with Gasteiger partial charge in [0.2, 0.25) is 5.91 Å². The Kier molecular flexibility index (Phi) is 7.90. The molecule has 1 fully saturated rings. The summed E-state index contributed by atoms with van der Waals surface area (Å²) < 4.78 is 92.3. The molecule has 1 N–H and O–H groups in total. The Labute approximate surface area is 192 Å². The molecule has 2 aromatic rings. The molecule has 1 atom stereocenters. The number of nitrogens with one attached hydrogen (secondary N) is 1. The third kappa shape index (κ3) is 6.71. The van der Waals surface area contributed by atoms with Crippen LogP contribution < -0.4 is 5.32 Å². The highest BCUT2D eigenvalue weighted by molar-refractivity contribution is 5.77. The predicted octanol–water partition coefficient (Wildman–Crippen LogP) is 6.00. The zero-order chi connectivity index (χ0) is 25.1. The number of benzene rings is 2. The summed E-state index contributed by atoms with van der Waals surface area (Å²) >= 11 is 0. The van der Waals surface area contributed by atoms with E-state index < -0.39 is 41.7 Å². The fourth-order valence-electron chi connectivity index (χ4n) is 4.33. The summed E-state index contributed by atoms with van der Waals surface area (Å²) in [4.78, 5) is 14.1. The second kappa shape index (κ2) is 10.3. The summed E-state index contributed by atoms with van der Waals surface area (Å²) in [5, 5.41) is 3.23. The number of hydrogen-bond donors (Lipinski definition) is 1. The third-order valence-corrected chi connectivity index (χ3v) is 6.14. The highest BCUT2D eigenvalue weighted by Crippen LogP contribution is 2.37. The maximum Gasteiger partial charge on any atom is 0.416 e. The number of carbonyl (C=O) groups is 1. The minimum absolute atomic E-state index is 0.0118. The number of nitrogens with zero attached hydrogens (tertiary/aromatic N) is 1. The Morgan fingerprint density at radius 3 is 2.00 bits per heavy atom. The molecule has 1 aliphatic heterocycles. The van der Waals surface area contributed by atoms with Gasteiger partial charge in [-0.25, -0.2) is 4.39 Å². The minimum Gasteiger partial charge on any atom is -0.341 e. The molecular weight excluding hydrogens is 465 g/mol. The number of hydrogen-bond acceptors (Lipinski definition) is 2. The molecule has 3 rings (SSSR count). The summed E-state index contributed by atoms with van der Waals surface area (Å²) in [6.07, 6.45) is -8.32. The maximum absolute atomic E-state index is 13.4. The zero-order valence-corrected chi connectivity index (χ0v) is 18.4. The topological polar surface area (TPSA) is 32.3 Å². The normalized spacial score (nSPS) is 16.4. The number of piperidine rings is 1. The van der Waals surface area contributed by atoms with E-state index in [9.17, 15) is 35.5 Å². The number of carbonyl (C=O) groups excluding carboxylic acids is 1. The summed E-state index contributed by atoms with van der Waals surface area (Å²) in [5.74, 6) is -0.945. The van der Waals surface area contributed by atoms with Crippen LogP contribution in [0.25, 0.3) is 0 Å². The van der Waals surface area contributed by atoms with Crippen LogP contribution in [0.2, 0.25) is 0 Å². The highest BCUT2D eigenvalue weighted by Gasteiger charge is 2.37. The van der Waals surface area contributed by atoms with Crippen LogP contribution in [-0.4, -0.2) is 30.9 Å². The molecule has 1 unspecified atom stereocenters. The summed E-state index contributed by atoms with van der Waals surface area (Å²) in [6, 6.07) is 7.15. The summed E-state index contributed by atoms with van der Waals surface area (Å²) in [7, 11) is 1.35. The van der Waals surface area contributed by atoms with Gasteiger partial charge in [0.25, 0.3) is 0 Å². The molecule has 1 aliphatic rings. The molecule has 0 bridgehead atoms. The summed E-state index contributed by atoms with van der Waals surface area (Å²) in [6.45, 7) is 1.11. The van der Waals surface area contributed by atoms with Gasteiger partial charge in [0.05, 0.1) is 11.1 Å². The van der Waals surface area contributed by atoms with E-state index in [0.29, 0.717) is 12.1 Å². The second-order valence-electron chi connectivity index (χ2n) is 8.61. The standard InChI is InChI=1S/C24H25F7N2O/c1-33(14-15-10-18(23(26,27)28)12-19(11-15)24(29,30)31)22(34)13-21(17-6-8-32-9-7-17)16-2-4-20(25)5-3-16/h2-5,10-12,17,21,32H,6-9,13-14H2,1H3. The molecule has 1 heterocycles. The van der Waals surface area contributed by atoms with Crippen molar-refractivity contribution in [1.29, 1.82) is 0 Å². The van der Waals surface area contributed by atoms with Crippen molar-refractivity contribution < 1.29 is 35.5 Å². The van der Waals surface area contributed by atoms with Gasteiger partial charge in [0.1, 0.15) is 5.82 Å². The number of amides is 1. The molecular formula is C24H25F7N2O. The first-order valence-corrected chi connectivity index (χ1v) is 10.8. The fourth-order valence-corrected chi connectivity index (χ4v) is 4.33. The molecule has 0 aromatic heterocycles. The smallest absolute Gasteiger partial charge is 0.341 e. The third-order valence-electron chi connectivity index (χ3n) is 6.14. The molecule has 0 spiro atoms. The lowest BCUT2D eigenvalue weighted by molar-refractivity contribution is -0.143. The van der Waals surface area contributed by atoms with E-state index in [-0.39, 0.29) is 29.9 Å². The van der Waals surface area contributed by atoms with Gasteiger partial charge in [0.15, 0.2) is 0 Å². The lowest BCUT2D eigenvalue weighted by Crippen LogP contribution is -2.34. The van der Waals surface area contributed by atoms with E-state index in [0.717, 1.165) is 36.4 Å². The quantitative estimate of drug-likeness (QED) is 0.504. The van der Waals surface area contributed by atoms with Crippen molar-refractivity contribution in [3.63, 3.8) is 0 Å². The molecule has 186 valence electrons. The van der Waals surface area contributed by atoms with E-state index in [2.05, 4.69) is 5.32 Å². The van der Waals surface area contributed by atoms with Gasteiger partial charge in [-0.1, -0.05) is 12.1 Å². The average molecular weight is 490 g/mol. The highest BCUT2D eigenvalue weighted by atomic mass is 19.4. The molecule has 0 radical (unpaired) electrons. The van der Waals surface area contributed by atoms with Crippen LogP contribution in [0.15, 0.2) is 42.5 Å². The Morgan fingerprint density at radius 2 is 1.50 bits per heavy atom. The Morgan fingerprint density at radius 1 is 0.971 bits per heavy atom. The SMILES string of the molecule is CN(Cc1cc(C(F)(F)F)cc(C(F)(F)F)c1)C(=O)CC(c1ccc(F)cc1)C1CCNCC1. The molecule has 1 amide bonds. The van der Waals surface area contributed by atoms with Crippen molar-refractivity contribution in [2.45, 2.75) is 44.1 Å². The Bertz CT molecular complexity index is 948. The largest absolute Gasteiger partial charge is 0.416 e. The lowest BCUT2D eigenvalue weighted by Gasteiger charge is -2.32. The zero-order valence-electron chi connectivity index (χ0n) is 18.4. The van der Waals surface area contributed by atoms with Gasteiger partial charge in [-0.05, 0) is 79.2 Å². The van der Waals surface area contributed by atoms with Crippen LogP contribution in [0.1, 0.15) is 47.4 Å². The molecule has 3 nitrogen and oxygen atoms in total. The summed E-state index contributed by atoms with van der Waals surface area (Å²) in [5.41, 5.74) is -2.33. The first-order valence-electron chi connectivity index (χ1n) is 10.8. The first kappa shape index (κ1) is 26.0.